The maximum atomic E-state index is 12.4. The lowest BCUT2D eigenvalue weighted by Crippen LogP contribution is -2.23. The van der Waals surface area contributed by atoms with Crippen LogP contribution < -0.4 is 16.6 Å². The molecule has 0 spiro atoms. The van der Waals surface area contributed by atoms with Crippen molar-refractivity contribution >= 4 is 39.7 Å². The van der Waals surface area contributed by atoms with Gasteiger partial charge in [0.1, 0.15) is 4.90 Å². The summed E-state index contributed by atoms with van der Waals surface area (Å²) in [6, 6.07) is 17.1. The van der Waals surface area contributed by atoms with Crippen LogP contribution in [0.15, 0.2) is 65.6 Å². The van der Waals surface area contributed by atoms with Crippen molar-refractivity contribution in [3.05, 3.63) is 82.9 Å². The number of rotatable bonds is 7. The fourth-order valence-electron chi connectivity index (χ4n) is 3.40. The first-order valence-corrected chi connectivity index (χ1v) is 11.0. The first-order chi connectivity index (χ1) is 15.1. The summed E-state index contributed by atoms with van der Waals surface area (Å²) < 4.78 is 24.8. The number of carbonyl (C=O) groups is 2. The molecule has 3 aromatic rings. The normalized spacial score (nSPS) is 11.5. The van der Waals surface area contributed by atoms with Crippen molar-refractivity contribution < 1.29 is 23.1 Å². The van der Waals surface area contributed by atoms with Gasteiger partial charge in [-0.1, -0.05) is 66.7 Å². The predicted molar refractivity (Wildman–Crippen MR) is 123 cm³/mol. The van der Waals surface area contributed by atoms with Crippen LogP contribution in [0.3, 0.4) is 0 Å². The largest absolute Gasteiger partial charge is 0.481 e. The van der Waals surface area contributed by atoms with E-state index >= 15 is 0 Å². The molecule has 0 aromatic heterocycles. The van der Waals surface area contributed by atoms with E-state index in [1.54, 1.807) is 60.7 Å². The number of nitrogens with two attached hydrogens (primary N) is 3. The molecule has 0 unspecified atom stereocenters. The number of benzene rings is 3. The fourth-order valence-corrected chi connectivity index (χ4v) is 4.35. The number of primary amides is 1. The van der Waals surface area contributed by atoms with Crippen LogP contribution in [0.25, 0.3) is 23.3 Å². The van der Waals surface area contributed by atoms with Crippen LogP contribution in [0.5, 0.6) is 0 Å². The SMILES string of the molecule is NC(=O)c1c(N)c(-c2ccccc2)cc(C=Cc2cccc(CC(=O)O)c2)c1S(N)(=O)=O. The van der Waals surface area contributed by atoms with Gasteiger partial charge in [0.2, 0.25) is 10.0 Å². The standard InChI is InChI=1S/C23H21N3O5S/c24-21-18(16-7-2-1-3-8-16)13-17(22(32(26,30)31)20(21)23(25)29)10-9-14-5-4-6-15(11-14)12-19(27)28/h1-11,13H,12,24H2,(H2,25,29)(H,27,28)(H2,26,30,31). The van der Waals surface area contributed by atoms with Crippen LogP contribution in [-0.2, 0) is 21.2 Å². The molecule has 0 aliphatic rings. The zero-order chi connectivity index (χ0) is 23.5. The number of nitrogen functional groups attached to an aromatic ring is 1. The average Bonchev–Trinajstić information content (AvgIpc) is 2.72. The second-order valence-electron chi connectivity index (χ2n) is 7.06. The number of primary sulfonamides is 1. The van der Waals surface area contributed by atoms with Gasteiger partial charge in [0.25, 0.3) is 5.91 Å². The van der Waals surface area contributed by atoms with Crippen LogP contribution in [0.2, 0.25) is 0 Å². The van der Waals surface area contributed by atoms with Gasteiger partial charge in [-0.25, -0.2) is 13.6 Å². The van der Waals surface area contributed by atoms with E-state index in [0.29, 0.717) is 22.3 Å². The summed E-state index contributed by atoms with van der Waals surface area (Å²) >= 11 is 0. The molecule has 0 atom stereocenters. The Labute approximate surface area is 185 Å². The highest BCUT2D eigenvalue weighted by Crippen LogP contribution is 2.36. The molecule has 8 nitrogen and oxygen atoms in total. The van der Waals surface area contributed by atoms with E-state index in [2.05, 4.69) is 0 Å². The quantitative estimate of drug-likeness (QED) is 0.318. The third-order valence-electron chi connectivity index (χ3n) is 4.73. The van der Waals surface area contributed by atoms with E-state index in [0.717, 1.165) is 0 Å². The van der Waals surface area contributed by atoms with E-state index in [1.807, 2.05) is 0 Å². The maximum absolute atomic E-state index is 12.4. The first kappa shape index (κ1) is 22.7. The van der Waals surface area contributed by atoms with E-state index < -0.39 is 26.8 Å². The van der Waals surface area contributed by atoms with Crippen LogP contribution in [-0.4, -0.2) is 25.4 Å². The van der Waals surface area contributed by atoms with E-state index in [-0.39, 0.29) is 23.2 Å². The Kier molecular flexibility index (Phi) is 6.42. The number of amides is 1. The van der Waals surface area contributed by atoms with Gasteiger partial charge in [-0.15, -0.1) is 0 Å². The minimum Gasteiger partial charge on any atom is -0.481 e. The van der Waals surface area contributed by atoms with Gasteiger partial charge in [-0.05, 0) is 28.3 Å². The number of hydrogen-bond donors (Lipinski definition) is 4. The zero-order valence-electron chi connectivity index (χ0n) is 16.9. The molecule has 3 aromatic carbocycles. The van der Waals surface area contributed by atoms with Gasteiger partial charge >= 0.3 is 5.97 Å². The molecular weight excluding hydrogens is 430 g/mol. The smallest absolute Gasteiger partial charge is 0.307 e. The second kappa shape index (κ2) is 9.04. The fraction of sp³-hybridized carbons (Fsp3) is 0.0435. The van der Waals surface area contributed by atoms with Crippen molar-refractivity contribution in [2.75, 3.05) is 5.73 Å². The Morgan fingerprint density at radius 1 is 0.969 bits per heavy atom. The molecule has 0 saturated heterocycles. The Bertz CT molecular complexity index is 1330. The number of carboxylic acid groups (broad SMARTS) is 1. The van der Waals surface area contributed by atoms with Crippen molar-refractivity contribution in [3.8, 4) is 11.1 Å². The monoisotopic (exact) mass is 451 g/mol. The average molecular weight is 452 g/mol. The van der Waals surface area contributed by atoms with E-state index in [9.17, 15) is 18.0 Å². The lowest BCUT2D eigenvalue weighted by atomic mass is 9.96. The Morgan fingerprint density at radius 3 is 2.25 bits per heavy atom. The maximum Gasteiger partial charge on any atom is 0.307 e. The van der Waals surface area contributed by atoms with Gasteiger partial charge in [0.05, 0.1) is 17.7 Å². The van der Waals surface area contributed by atoms with Crippen LogP contribution in [0.1, 0.15) is 27.0 Å². The molecule has 0 fully saturated rings. The summed E-state index contributed by atoms with van der Waals surface area (Å²) in [6.07, 6.45) is 2.90. The van der Waals surface area contributed by atoms with E-state index in [1.165, 1.54) is 12.1 Å². The van der Waals surface area contributed by atoms with Crippen molar-refractivity contribution in [3.63, 3.8) is 0 Å². The number of hydrogen-bond acceptors (Lipinski definition) is 5. The molecule has 0 radical (unpaired) electrons. The Hall–Kier alpha value is -3.95. The molecule has 0 aliphatic carbocycles. The first-order valence-electron chi connectivity index (χ1n) is 9.41. The summed E-state index contributed by atoms with van der Waals surface area (Å²) in [5, 5.41) is 14.4. The van der Waals surface area contributed by atoms with Crippen molar-refractivity contribution in [2.24, 2.45) is 10.9 Å². The molecule has 0 bridgehead atoms. The van der Waals surface area contributed by atoms with Crippen molar-refractivity contribution in [1.82, 2.24) is 0 Å². The molecule has 7 N–H and O–H groups in total. The summed E-state index contributed by atoms with van der Waals surface area (Å²) in [5.41, 5.74) is 13.6. The number of sulfonamides is 1. The number of anilines is 1. The zero-order valence-corrected chi connectivity index (χ0v) is 17.7. The molecule has 0 heterocycles. The highest BCUT2D eigenvalue weighted by atomic mass is 32.2. The molecule has 3 rings (SSSR count). The van der Waals surface area contributed by atoms with Gasteiger partial charge in [-0.3, -0.25) is 9.59 Å². The van der Waals surface area contributed by atoms with Crippen LogP contribution in [0, 0.1) is 0 Å². The van der Waals surface area contributed by atoms with Crippen LogP contribution in [0.4, 0.5) is 5.69 Å². The lowest BCUT2D eigenvalue weighted by molar-refractivity contribution is -0.136. The highest BCUT2D eigenvalue weighted by Gasteiger charge is 2.26. The summed E-state index contributed by atoms with van der Waals surface area (Å²) in [4.78, 5) is 22.7. The lowest BCUT2D eigenvalue weighted by Gasteiger charge is -2.16. The van der Waals surface area contributed by atoms with Gasteiger partial charge < -0.3 is 16.6 Å². The van der Waals surface area contributed by atoms with Crippen molar-refractivity contribution in [1.29, 1.82) is 0 Å². The Balaban J connectivity index is 2.24. The summed E-state index contributed by atoms with van der Waals surface area (Å²) in [6.45, 7) is 0. The summed E-state index contributed by atoms with van der Waals surface area (Å²) in [5.74, 6) is -2.00. The van der Waals surface area contributed by atoms with Gasteiger partial charge in [0, 0.05) is 5.56 Å². The topological polar surface area (TPSA) is 167 Å². The van der Waals surface area contributed by atoms with Gasteiger partial charge in [-0.2, -0.15) is 0 Å². The molecule has 164 valence electrons. The minimum atomic E-state index is -4.37. The molecule has 0 aliphatic heterocycles. The highest BCUT2D eigenvalue weighted by molar-refractivity contribution is 7.89. The Morgan fingerprint density at radius 2 is 1.66 bits per heavy atom. The molecule has 0 saturated carbocycles. The van der Waals surface area contributed by atoms with Crippen molar-refractivity contribution in [2.45, 2.75) is 11.3 Å². The minimum absolute atomic E-state index is 0.0895. The van der Waals surface area contributed by atoms with Gasteiger partial charge in [0.15, 0.2) is 0 Å². The molecule has 1 amide bonds. The third-order valence-corrected chi connectivity index (χ3v) is 5.73. The van der Waals surface area contributed by atoms with Crippen LogP contribution >= 0.6 is 0 Å². The number of carbonyl (C=O) groups excluding carboxylic acids is 1. The third kappa shape index (κ3) is 5.02. The second-order valence-corrected chi connectivity index (χ2v) is 8.55. The molecule has 9 heteroatoms. The molecule has 32 heavy (non-hydrogen) atoms. The van der Waals surface area contributed by atoms with E-state index in [4.69, 9.17) is 21.7 Å². The number of aliphatic carboxylic acids is 1. The number of carboxylic acids is 1. The molecular formula is C23H21N3O5S. The predicted octanol–water partition coefficient (Wildman–Crippen LogP) is 2.48. The summed E-state index contributed by atoms with van der Waals surface area (Å²) in [7, 11) is -4.37.